The molecule has 0 aliphatic heterocycles. The molecule has 0 aliphatic carbocycles. The van der Waals surface area contributed by atoms with Crippen LogP contribution in [0.15, 0.2) is 12.1 Å². The van der Waals surface area contributed by atoms with Crippen LogP contribution in [-0.2, 0) is 0 Å². The highest BCUT2D eigenvalue weighted by Gasteiger charge is 2.15. The molecule has 0 radical (unpaired) electrons. The van der Waals surface area contributed by atoms with E-state index in [9.17, 15) is 4.79 Å². The topological polar surface area (TPSA) is 109 Å². The van der Waals surface area contributed by atoms with Gasteiger partial charge in [0.05, 0.1) is 17.1 Å². The average molecular weight is 288 g/mol. The monoisotopic (exact) mass is 288 g/mol. The number of aromatic amines is 1. The van der Waals surface area contributed by atoms with Gasteiger partial charge in [0.15, 0.2) is 0 Å². The zero-order valence-electron chi connectivity index (χ0n) is 12.6. The fraction of sp³-hybridized carbons (Fsp3) is 0.357. The van der Waals surface area contributed by atoms with Crippen LogP contribution in [0.5, 0.6) is 0 Å². The lowest BCUT2D eigenvalue weighted by molar-refractivity contribution is 0.102. The molecule has 0 spiro atoms. The fourth-order valence-corrected chi connectivity index (χ4v) is 1.97. The summed E-state index contributed by atoms with van der Waals surface area (Å²) in [4.78, 5) is 16.7. The minimum Gasteiger partial charge on any atom is -0.319 e. The number of hydrogen-bond acceptors (Lipinski definition) is 5. The number of nitrogens with two attached hydrogens (primary N) is 1. The van der Waals surface area contributed by atoms with E-state index in [0.717, 1.165) is 17.1 Å². The van der Waals surface area contributed by atoms with E-state index >= 15 is 0 Å². The number of hydrazine groups is 1. The molecule has 0 atom stereocenters. The van der Waals surface area contributed by atoms with Crippen molar-refractivity contribution in [2.75, 3.05) is 10.7 Å². The SMILES string of the molecule is Cc1n[nH]c(C)c1NC(=O)c1cc(NN)nc(C(C)C)c1. The number of nitrogens with zero attached hydrogens (tertiary/aromatic N) is 2. The summed E-state index contributed by atoms with van der Waals surface area (Å²) in [6, 6.07) is 3.39. The Kier molecular flexibility index (Phi) is 4.23. The van der Waals surface area contributed by atoms with Crippen LogP contribution < -0.4 is 16.6 Å². The lowest BCUT2D eigenvalue weighted by atomic mass is 10.1. The number of anilines is 2. The van der Waals surface area contributed by atoms with Crippen molar-refractivity contribution in [1.29, 1.82) is 0 Å². The third-order valence-corrected chi connectivity index (χ3v) is 3.21. The molecule has 0 unspecified atom stereocenters. The van der Waals surface area contributed by atoms with E-state index in [-0.39, 0.29) is 11.8 Å². The second-order valence-electron chi connectivity index (χ2n) is 5.23. The maximum Gasteiger partial charge on any atom is 0.255 e. The van der Waals surface area contributed by atoms with Crippen molar-refractivity contribution in [1.82, 2.24) is 15.2 Å². The number of amides is 1. The summed E-state index contributed by atoms with van der Waals surface area (Å²) in [6.07, 6.45) is 0. The number of carbonyl (C=O) groups is 1. The first-order valence-electron chi connectivity index (χ1n) is 6.74. The summed E-state index contributed by atoms with van der Waals surface area (Å²) in [5.41, 5.74) is 6.05. The Morgan fingerprint density at radius 2 is 2.05 bits per heavy atom. The molecule has 0 saturated heterocycles. The van der Waals surface area contributed by atoms with Gasteiger partial charge >= 0.3 is 0 Å². The van der Waals surface area contributed by atoms with Crippen molar-refractivity contribution in [3.63, 3.8) is 0 Å². The molecule has 0 bridgehead atoms. The maximum absolute atomic E-state index is 12.4. The highest BCUT2D eigenvalue weighted by Crippen LogP contribution is 2.20. The van der Waals surface area contributed by atoms with Crippen molar-refractivity contribution in [3.05, 3.63) is 34.8 Å². The van der Waals surface area contributed by atoms with Gasteiger partial charge in [-0.05, 0) is 31.9 Å². The quantitative estimate of drug-likeness (QED) is 0.509. The molecule has 112 valence electrons. The van der Waals surface area contributed by atoms with Crippen LogP contribution in [0, 0.1) is 13.8 Å². The van der Waals surface area contributed by atoms with E-state index in [1.165, 1.54) is 0 Å². The van der Waals surface area contributed by atoms with Gasteiger partial charge in [-0.2, -0.15) is 5.10 Å². The molecular weight excluding hydrogens is 268 g/mol. The molecule has 5 N–H and O–H groups in total. The zero-order chi connectivity index (χ0) is 15.6. The van der Waals surface area contributed by atoms with E-state index in [2.05, 4.69) is 25.9 Å². The van der Waals surface area contributed by atoms with Gasteiger partial charge in [0, 0.05) is 11.3 Å². The molecule has 0 saturated carbocycles. The molecule has 1 amide bonds. The van der Waals surface area contributed by atoms with E-state index in [1.54, 1.807) is 12.1 Å². The van der Waals surface area contributed by atoms with Gasteiger partial charge in [0.2, 0.25) is 0 Å². The van der Waals surface area contributed by atoms with Gasteiger partial charge in [-0.3, -0.25) is 9.89 Å². The summed E-state index contributed by atoms with van der Waals surface area (Å²) in [7, 11) is 0. The number of pyridine rings is 1. The first-order valence-corrected chi connectivity index (χ1v) is 6.74. The predicted octanol–water partition coefficient (Wildman–Crippen LogP) is 2.08. The Balaban J connectivity index is 2.32. The third-order valence-electron chi connectivity index (χ3n) is 3.21. The molecule has 2 heterocycles. The highest BCUT2D eigenvalue weighted by molar-refractivity contribution is 6.05. The molecule has 21 heavy (non-hydrogen) atoms. The summed E-state index contributed by atoms with van der Waals surface area (Å²) in [5.74, 6) is 5.86. The Hall–Kier alpha value is -2.41. The van der Waals surface area contributed by atoms with E-state index in [1.807, 2.05) is 27.7 Å². The molecule has 2 aromatic rings. The van der Waals surface area contributed by atoms with E-state index in [0.29, 0.717) is 17.1 Å². The summed E-state index contributed by atoms with van der Waals surface area (Å²) in [6.45, 7) is 7.70. The van der Waals surface area contributed by atoms with E-state index < -0.39 is 0 Å². The minimum atomic E-state index is -0.219. The van der Waals surface area contributed by atoms with Crippen LogP contribution in [0.2, 0.25) is 0 Å². The van der Waals surface area contributed by atoms with Crippen molar-refractivity contribution in [2.45, 2.75) is 33.6 Å². The molecule has 2 aromatic heterocycles. The number of hydrogen-bond donors (Lipinski definition) is 4. The van der Waals surface area contributed by atoms with Crippen LogP contribution in [0.3, 0.4) is 0 Å². The van der Waals surface area contributed by atoms with Crippen LogP contribution in [0.25, 0.3) is 0 Å². The molecule has 0 aromatic carbocycles. The second-order valence-corrected chi connectivity index (χ2v) is 5.23. The largest absolute Gasteiger partial charge is 0.319 e. The first-order chi connectivity index (χ1) is 9.92. The van der Waals surface area contributed by atoms with Crippen LogP contribution >= 0.6 is 0 Å². The van der Waals surface area contributed by atoms with E-state index in [4.69, 9.17) is 5.84 Å². The normalized spacial score (nSPS) is 10.8. The third kappa shape index (κ3) is 3.19. The Labute approximate surface area is 123 Å². The standard InChI is InChI=1S/C14H20N6O/c1-7(2)11-5-10(6-12(16-11)18-15)14(21)17-13-8(3)19-20-9(13)4/h5-7H,15H2,1-4H3,(H,16,18)(H,17,21)(H,19,20). The number of carbonyl (C=O) groups excluding carboxylic acids is 1. The summed E-state index contributed by atoms with van der Waals surface area (Å²) < 4.78 is 0. The maximum atomic E-state index is 12.4. The molecule has 0 fully saturated rings. The van der Waals surface area contributed by atoms with Gasteiger partial charge < -0.3 is 10.7 Å². The van der Waals surface area contributed by atoms with Gasteiger partial charge in [-0.1, -0.05) is 13.8 Å². The van der Waals surface area contributed by atoms with Crippen LogP contribution in [0.1, 0.15) is 47.2 Å². The number of nitrogens with one attached hydrogen (secondary N) is 3. The number of H-pyrrole nitrogens is 1. The van der Waals surface area contributed by atoms with Crippen molar-refractivity contribution < 1.29 is 4.79 Å². The van der Waals surface area contributed by atoms with Crippen molar-refractivity contribution >= 4 is 17.4 Å². The minimum absolute atomic E-state index is 0.197. The Morgan fingerprint density at radius 1 is 1.33 bits per heavy atom. The molecule has 2 rings (SSSR count). The van der Waals surface area contributed by atoms with Crippen molar-refractivity contribution in [2.24, 2.45) is 5.84 Å². The molecule has 7 nitrogen and oxygen atoms in total. The summed E-state index contributed by atoms with van der Waals surface area (Å²) >= 11 is 0. The number of rotatable bonds is 4. The Bertz CT molecular complexity index is 642. The number of nitrogen functional groups attached to an aromatic ring is 1. The Morgan fingerprint density at radius 3 is 2.57 bits per heavy atom. The van der Waals surface area contributed by atoms with Crippen molar-refractivity contribution in [3.8, 4) is 0 Å². The average Bonchev–Trinajstić information content (AvgIpc) is 2.78. The number of aryl methyl sites for hydroxylation is 2. The first kappa shape index (κ1) is 15.0. The highest BCUT2D eigenvalue weighted by atomic mass is 16.1. The number of aromatic nitrogens is 3. The second kappa shape index (κ2) is 5.92. The fourth-order valence-electron chi connectivity index (χ4n) is 1.97. The molecule has 7 heteroatoms. The smallest absolute Gasteiger partial charge is 0.255 e. The zero-order valence-corrected chi connectivity index (χ0v) is 12.6. The van der Waals surface area contributed by atoms with Gasteiger partial charge in [0.1, 0.15) is 5.82 Å². The molecule has 0 aliphatic rings. The lowest BCUT2D eigenvalue weighted by Crippen LogP contribution is -2.16. The lowest BCUT2D eigenvalue weighted by Gasteiger charge is -2.11. The van der Waals surface area contributed by atoms with Crippen LogP contribution in [0.4, 0.5) is 11.5 Å². The van der Waals surface area contributed by atoms with Crippen LogP contribution in [-0.4, -0.2) is 21.1 Å². The summed E-state index contributed by atoms with van der Waals surface area (Å²) in [5, 5.41) is 9.76. The van der Waals surface area contributed by atoms with Gasteiger partial charge in [0.25, 0.3) is 5.91 Å². The predicted molar refractivity (Wildman–Crippen MR) is 82.2 cm³/mol. The molecular formula is C14H20N6O. The van der Waals surface area contributed by atoms with Gasteiger partial charge in [-0.25, -0.2) is 10.8 Å². The van der Waals surface area contributed by atoms with Gasteiger partial charge in [-0.15, -0.1) is 0 Å².